The van der Waals surface area contributed by atoms with Gasteiger partial charge < -0.3 is 0 Å². The molecule has 1 unspecified atom stereocenters. The highest BCUT2D eigenvalue weighted by Gasteiger charge is 2.35. The van der Waals surface area contributed by atoms with Gasteiger partial charge >= 0.3 is 0 Å². The predicted octanol–water partition coefficient (Wildman–Crippen LogP) is 2.45. The van der Waals surface area contributed by atoms with Crippen LogP contribution in [0.4, 0.5) is 0 Å². The normalized spacial score (nSPS) is 35.6. The van der Waals surface area contributed by atoms with Gasteiger partial charge in [0.1, 0.15) is 0 Å². The highest BCUT2D eigenvalue weighted by molar-refractivity contribution is 4.88. The monoisotopic (exact) mass is 208 g/mol. The first kappa shape index (κ1) is 10.1. The molecule has 1 aliphatic carbocycles. The second-order valence-corrected chi connectivity index (χ2v) is 5.54. The lowest BCUT2D eigenvalue weighted by Gasteiger charge is -2.48. The van der Waals surface area contributed by atoms with Crippen molar-refractivity contribution in [3.05, 3.63) is 0 Å². The van der Waals surface area contributed by atoms with Gasteiger partial charge in [0.15, 0.2) is 0 Å². The van der Waals surface area contributed by atoms with Gasteiger partial charge in [0.2, 0.25) is 0 Å². The van der Waals surface area contributed by atoms with E-state index in [-0.39, 0.29) is 0 Å². The summed E-state index contributed by atoms with van der Waals surface area (Å²) >= 11 is 0. The van der Waals surface area contributed by atoms with Crippen molar-refractivity contribution < 1.29 is 0 Å². The molecule has 86 valence electrons. The van der Waals surface area contributed by atoms with Gasteiger partial charge in [-0.1, -0.05) is 6.42 Å². The van der Waals surface area contributed by atoms with Crippen LogP contribution in [-0.2, 0) is 0 Å². The lowest BCUT2D eigenvalue weighted by Crippen LogP contribution is -2.55. The molecule has 2 nitrogen and oxygen atoms in total. The minimum atomic E-state index is 0.826. The van der Waals surface area contributed by atoms with E-state index < -0.39 is 0 Å². The number of hydrogen-bond acceptors (Lipinski definition) is 2. The lowest BCUT2D eigenvalue weighted by molar-refractivity contribution is -0.0265. The first-order valence-corrected chi connectivity index (χ1v) is 6.95. The molecular weight excluding hydrogens is 184 g/mol. The van der Waals surface area contributed by atoms with Crippen LogP contribution in [-0.4, -0.2) is 41.6 Å². The summed E-state index contributed by atoms with van der Waals surface area (Å²) in [5.41, 5.74) is 0. The largest absolute Gasteiger partial charge is 0.288 e. The van der Waals surface area contributed by atoms with Crippen LogP contribution in [0.1, 0.15) is 51.4 Å². The molecule has 1 atom stereocenters. The summed E-state index contributed by atoms with van der Waals surface area (Å²) in [7, 11) is 0. The molecule has 2 saturated heterocycles. The van der Waals surface area contributed by atoms with Gasteiger partial charge in [-0.3, -0.25) is 9.80 Å². The minimum Gasteiger partial charge on any atom is -0.288 e. The van der Waals surface area contributed by atoms with E-state index in [1.807, 2.05) is 0 Å². The van der Waals surface area contributed by atoms with Crippen molar-refractivity contribution in [2.45, 2.75) is 63.6 Å². The molecule has 2 heterocycles. The van der Waals surface area contributed by atoms with Gasteiger partial charge in [-0.25, -0.2) is 0 Å². The Morgan fingerprint density at radius 3 is 2.07 bits per heavy atom. The van der Waals surface area contributed by atoms with E-state index in [1.165, 1.54) is 71.0 Å². The van der Waals surface area contributed by atoms with E-state index in [1.54, 1.807) is 0 Å². The summed E-state index contributed by atoms with van der Waals surface area (Å²) in [5.74, 6) is 0. The first-order valence-electron chi connectivity index (χ1n) is 6.95. The lowest BCUT2D eigenvalue weighted by atomic mass is 9.89. The highest BCUT2D eigenvalue weighted by Crippen LogP contribution is 2.32. The fourth-order valence-corrected chi connectivity index (χ4v) is 3.51. The molecule has 3 fully saturated rings. The predicted molar refractivity (Wildman–Crippen MR) is 62.8 cm³/mol. The minimum absolute atomic E-state index is 0.826. The van der Waals surface area contributed by atoms with Gasteiger partial charge in [0.05, 0.1) is 6.17 Å². The number of piperidine rings is 1. The molecule has 2 aliphatic heterocycles. The fraction of sp³-hybridized carbons (Fsp3) is 1.00. The van der Waals surface area contributed by atoms with E-state index in [9.17, 15) is 0 Å². The number of likely N-dealkylation sites (tertiary alicyclic amines) is 2. The molecule has 0 aromatic carbocycles. The van der Waals surface area contributed by atoms with Crippen molar-refractivity contribution in [1.29, 1.82) is 0 Å². The van der Waals surface area contributed by atoms with Crippen LogP contribution in [0.2, 0.25) is 0 Å². The average molecular weight is 208 g/mol. The zero-order valence-corrected chi connectivity index (χ0v) is 9.83. The second-order valence-electron chi connectivity index (χ2n) is 5.54. The highest BCUT2D eigenvalue weighted by atomic mass is 15.4. The molecule has 0 amide bonds. The Morgan fingerprint density at radius 2 is 1.40 bits per heavy atom. The third-order valence-electron chi connectivity index (χ3n) is 4.62. The van der Waals surface area contributed by atoms with Crippen molar-refractivity contribution >= 4 is 0 Å². The van der Waals surface area contributed by atoms with E-state index >= 15 is 0 Å². The van der Waals surface area contributed by atoms with Crippen molar-refractivity contribution in [2.75, 3.05) is 19.6 Å². The molecule has 0 bridgehead atoms. The molecular formula is C13H24N2. The molecule has 1 saturated carbocycles. The Morgan fingerprint density at radius 1 is 0.667 bits per heavy atom. The maximum Gasteiger partial charge on any atom is 0.0624 e. The Hall–Kier alpha value is -0.0800. The van der Waals surface area contributed by atoms with Crippen molar-refractivity contribution in [2.24, 2.45) is 0 Å². The Bertz CT molecular complexity index is 207. The van der Waals surface area contributed by atoms with Gasteiger partial charge in [-0.15, -0.1) is 0 Å². The first-order chi connectivity index (χ1) is 7.45. The van der Waals surface area contributed by atoms with Crippen LogP contribution >= 0.6 is 0 Å². The number of nitrogens with zero attached hydrogens (tertiary/aromatic N) is 2. The molecule has 0 spiro atoms. The molecule has 0 N–H and O–H groups in total. The molecule has 3 aliphatic rings. The molecule has 0 aromatic heterocycles. The van der Waals surface area contributed by atoms with Crippen LogP contribution in [0.15, 0.2) is 0 Å². The van der Waals surface area contributed by atoms with Crippen molar-refractivity contribution in [1.82, 2.24) is 9.80 Å². The summed E-state index contributed by atoms with van der Waals surface area (Å²) in [6.07, 6.45) is 12.5. The van der Waals surface area contributed by atoms with Crippen LogP contribution in [0.5, 0.6) is 0 Å². The van der Waals surface area contributed by atoms with Crippen LogP contribution in [0.25, 0.3) is 0 Å². The Labute approximate surface area is 93.6 Å². The van der Waals surface area contributed by atoms with Gasteiger partial charge in [-0.05, 0) is 64.6 Å². The Kier molecular flexibility index (Phi) is 2.98. The van der Waals surface area contributed by atoms with E-state index in [0.29, 0.717) is 0 Å². The van der Waals surface area contributed by atoms with Crippen LogP contribution < -0.4 is 0 Å². The van der Waals surface area contributed by atoms with E-state index in [0.717, 1.165) is 12.2 Å². The maximum atomic E-state index is 2.85. The Balaban J connectivity index is 1.65. The zero-order valence-electron chi connectivity index (χ0n) is 9.83. The molecule has 0 radical (unpaired) electrons. The third kappa shape index (κ3) is 1.94. The number of hydrogen-bond donors (Lipinski definition) is 0. The fourth-order valence-electron chi connectivity index (χ4n) is 3.51. The van der Waals surface area contributed by atoms with E-state index in [2.05, 4.69) is 9.80 Å². The summed E-state index contributed by atoms with van der Waals surface area (Å²) in [6, 6.07) is 0.955. The molecule has 15 heavy (non-hydrogen) atoms. The zero-order chi connectivity index (χ0) is 10.1. The topological polar surface area (TPSA) is 6.48 Å². The molecule has 2 heteroatoms. The summed E-state index contributed by atoms with van der Waals surface area (Å²) in [6.45, 7) is 4.12. The molecule has 3 rings (SSSR count). The van der Waals surface area contributed by atoms with Crippen molar-refractivity contribution in [3.8, 4) is 0 Å². The summed E-state index contributed by atoms with van der Waals surface area (Å²) in [5, 5.41) is 0. The smallest absolute Gasteiger partial charge is 0.0624 e. The van der Waals surface area contributed by atoms with Gasteiger partial charge in [-0.2, -0.15) is 0 Å². The van der Waals surface area contributed by atoms with Crippen LogP contribution in [0.3, 0.4) is 0 Å². The summed E-state index contributed by atoms with van der Waals surface area (Å²) in [4.78, 5) is 5.61. The van der Waals surface area contributed by atoms with Crippen LogP contribution in [0, 0.1) is 0 Å². The SMILES string of the molecule is C1CC(N2CCCCC2N2CCCC2)C1. The third-order valence-corrected chi connectivity index (χ3v) is 4.62. The van der Waals surface area contributed by atoms with E-state index in [4.69, 9.17) is 0 Å². The van der Waals surface area contributed by atoms with Gasteiger partial charge in [0, 0.05) is 6.04 Å². The number of rotatable bonds is 2. The quantitative estimate of drug-likeness (QED) is 0.688. The molecule has 0 aromatic rings. The average Bonchev–Trinajstić information content (AvgIpc) is 2.69. The van der Waals surface area contributed by atoms with Gasteiger partial charge in [0.25, 0.3) is 0 Å². The van der Waals surface area contributed by atoms with Crippen molar-refractivity contribution in [3.63, 3.8) is 0 Å². The maximum absolute atomic E-state index is 2.85. The summed E-state index contributed by atoms with van der Waals surface area (Å²) < 4.78 is 0. The second kappa shape index (κ2) is 4.42. The standard InChI is InChI=1S/C13H24N2/c1-2-11-15(12-6-5-7-12)13(8-1)14-9-3-4-10-14/h12-13H,1-11H2.